The van der Waals surface area contributed by atoms with Gasteiger partial charge in [-0.2, -0.15) is 0 Å². The zero-order chi connectivity index (χ0) is 14.5. The van der Waals surface area contributed by atoms with Gasteiger partial charge < -0.3 is 16.0 Å². The number of hydrogen-bond donors (Lipinski definition) is 2. The zero-order valence-corrected chi connectivity index (χ0v) is 12.4. The highest BCUT2D eigenvalue weighted by Gasteiger charge is 2.35. The molecular weight excluding hydrogens is 254 g/mol. The smallest absolute Gasteiger partial charge is 0.226 e. The van der Waals surface area contributed by atoms with E-state index in [0.29, 0.717) is 30.7 Å². The maximum Gasteiger partial charge on any atom is 0.226 e. The average molecular weight is 281 g/mol. The number of likely N-dealkylation sites (tertiary alicyclic amines) is 1. The minimum absolute atomic E-state index is 0.105. The zero-order valence-electron chi connectivity index (χ0n) is 12.4. The van der Waals surface area contributed by atoms with Crippen molar-refractivity contribution in [3.63, 3.8) is 0 Å². The summed E-state index contributed by atoms with van der Waals surface area (Å²) in [5.41, 5.74) is 5.77. The van der Waals surface area contributed by atoms with Gasteiger partial charge in [-0.3, -0.25) is 9.59 Å². The van der Waals surface area contributed by atoms with Gasteiger partial charge in [-0.05, 0) is 44.1 Å². The van der Waals surface area contributed by atoms with Crippen molar-refractivity contribution in [3.05, 3.63) is 0 Å². The van der Waals surface area contributed by atoms with Crippen LogP contribution in [0.3, 0.4) is 0 Å². The van der Waals surface area contributed by atoms with E-state index in [-0.39, 0.29) is 11.8 Å². The second-order valence-electron chi connectivity index (χ2n) is 6.18. The van der Waals surface area contributed by atoms with Gasteiger partial charge in [0, 0.05) is 32.5 Å². The second-order valence-corrected chi connectivity index (χ2v) is 6.18. The number of hydrogen-bond acceptors (Lipinski definition) is 3. The molecule has 2 aliphatic rings. The summed E-state index contributed by atoms with van der Waals surface area (Å²) < 4.78 is 0. The molecule has 0 aromatic rings. The molecule has 5 heteroatoms. The van der Waals surface area contributed by atoms with Crippen molar-refractivity contribution in [1.82, 2.24) is 10.2 Å². The standard InChI is InChI=1S/C15H27N3O2/c1-17-14(19)9-11-5-7-18(8-6-11)15(20)13-4-2-3-12(13)10-16/h11-13H,2-10,16H2,1H3,(H,17,19)/t12-,13-/m1/s1. The molecule has 0 spiro atoms. The largest absolute Gasteiger partial charge is 0.359 e. The molecule has 1 heterocycles. The lowest BCUT2D eigenvalue weighted by molar-refractivity contribution is -0.138. The van der Waals surface area contributed by atoms with Crippen molar-refractivity contribution in [2.45, 2.75) is 38.5 Å². The number of carbonyl (C=O) groups is 2. The van der Waals surface area contributed by atoms with Gasteiger partial charge >= 0.3 is 0 Å². The first-order chi connectivity index (χ1) is 9.65. The quantitative estimate of drug-likeness (QED) is 0.798. The predicted octanol–water partition coefficient (Wildman–Crippen LogP) is 0.736. The molecule has 114 valence electrons. The molecule has 0 bridgehead atoms. The summed E-state index contributed by atoms with van der Waals surface area (Å²) in [6, 6.07) is 0. The van der Waals surface area contributed by atoms with Crippen molar-refractivity contribution in [1.29, 1.82) is 0 Å². The van der Waals surface area contributed by atoms with Gasteiger partial charge in [-0.1, -0.05) is 6.42 Å². The summed E-state index contributed by atoms with van der Waals surface area (Å²) in [5, 5.41) is 2.67. The molecule has 2 fully saturated rings. The Kier molecular flexibility index (Phi) is 5.40. The van der Waals surface area contributed by atoms with Crippen LogP contribution in [0.15, 0.2) is 0 Å². The Morgan fingerprint density at radius 1 is 1.20 bits per heavy atom. The van der Waals surface area contributed by atoms with E-state index >= 15 is 0 Å². The van der Waals surface area contributed by atoms with Gasteiger partial charge in [0.1, 0.15) is 0 Å². The van der Waals surface area contributed by atoms with Gasteiger partial charge in [0.05, 0.1) is 0 Å². The van der Waals surface area contributed by atoms with Crippen molar-refractivity contribution < 1.29 is 9.59 Å². The highest BCUT2D eigenvalue weighted by atomic mass is 16.2. The van der Waals surface area contributed by atoms with Crippen LogP contribution < -0.4 is 11.1 Å². The Morgan fingerprint density at radius 2 is 1.90 bits per heavy atom. The summed E-state index contributed by atoms with van der Waals surface area (Å²) in [6.45, 7) is 2.23. The molecule has 1 saturated carbocycles. The fraction of sp³-hybridized carbons (Fsp3) is 0.867. The van der Waals surface area contributed by atoms with Crippen LogP contribution in [0, 0.1) is 17.8 Å². The first kappa shape index (κ1) is 15.3. The summed E-state index contributed by atoms with van der Waals surface area (Å²) in [5.74, 6) is 1.36. The molecule has 1 saturated heterocycles. The Bertz CT molecular complexity index is 351. The average Bonchev–Trinajstić information content (AvgIpc) is 2.95. The number of amides is 2. The Labute approximate surface area is 121 Å². The topological polar surface area (TPSA) is 75.4 Å². The monoisotopic (exact) mass is 281 g/mol. The summed E-state index contributed by atoms with van der Waals surface area (Å²) in [7, 11) is 1.67. The van der Waals surface area contributed by atoms with Crippen LogP contribution in [0.2, 0.25) is 0 Å². The molecule has 5 nitrogen and oxygen atoms in total. The third-order valence-electron chi connectivity index (χ3n) is 4.96. The van der Waals surface area contributed by atoms with Crippen LogP contribution in [0.25, 0.3) is 0 Å². The third kappa shape index (κ3) is 3.51. The second kappa shape index (κ2) is 7.07. The number of carbonyl (C=O) groups excluding carboxylic acids is 2. The highest BCUT2D eigenvalue weighted by Crippen LogP contribution is 2.33. The molecule has 3 N–H and O–H groups in total. The van der Waals surface area contributed by atoms with Crippen LogP contribution in [-0.2, 0) is 9.59 Å². The van der Waals surface area contributed by atoms with Gasteiger partial charge in [-0.25, -0.2) is 0 Å². The van der Waals surface area contributed by atoms with Gasteiger partial charge in [0.25, 0.3) is 0 Å². The molecule has 1 aliphatic carbocycles. The predicted molar refractivity (Wildman–Crippen MR) is 77.9 cm³/mol. The number of piperidine rings is 1. The van der Waals surface area contributed by atoms with Crippen LogP contribution in [0.4, 0.5) is 0 Å². The molecule has 2 amide bonds. The van der Waals surface area contributed by atoms with E-state index < -0.39 is 0 Å². The molecule has 0 radical (unpaired) electrons. The van der Waals surface area contributed by atoms with E-state index in [1.807, 2.05) is 4.90 Å². The molecule has 1 aliphatic heterocycles. The van der Waals surface area contributed by atoms with E-state index in [1.165, 1.54) is 0 Å². The number of nitrogens with two attached hydrogens (primary N) is 1. The molecule has 0 unspecified atom stereocenters. The third-order valence-corrected chi connectivity index (χ3v) is 4.96. The molecule has 0 aromatic carbocycles. The molecular formula is C15H27N3O2. The summed E-state index contributed by atoms with van der Waals surface area (Å²) in [4.78, 5) is 25.9. The first-order valence-corrected chi connectivity index (χ1v) is 7.85. The number of rotatable bonds is 4. The van der Waals surface area contributed by atoms with E-state index in [0.717, 1.165) is 45.2 Å². The van der Waals surface area contributed by atoms with Crippen LogP contribution >= 0.6 is 0 Å². The Morgan fingerprint density at radius 3 is 2.50 bits per heavy atom. The number of nitrogens with zero attached hydrogens (tertiary/aromatic N) is 1. The fourth-order valence-electron chi connectivity index (χ4n) is 3.60. The SMILES string of the molecule is CNC(=O)CC1CCN(C(=O)[C@@H]2CCC[C@@H]2CN)CC1. The lowest BCUT2D eigenvalue weighted by Gasteiger charge is -2.34. The van der Waals surface area contributed by atoms with Crippen molar-refractivity contribution >= 4 is 11.8 Å². The summed E-state index contributed by atoms with van der Waals surface area (Å²) in [6.07, 6.45) is 5.70. The Balaban J connectivity index is 1.81. The Hall–Kier alpha value is -1.10. The first-order valence-electron chi connectivity index (χ1n) is 7.85. The van der Waals surface area contributed by atoms with E-state index in [2.05, 4.69) is 5.32 Å². The maximum atomic E-state index is 12.5. The van der Waals surface area contributed by atoms with Gasteiger partial charge in [0.15, 0.2) is 0 Å². The minimum Gasteiger partial charge on any atom is -0.359 e. The van der Waals surface area contributed by atoms with Crippen molar-refractivity contribution in [2.24, 2.45) is 23.5 Å². The lowest BCUT2D eigenvalue weighted by atomic mass is 9.90. The minimum atomic E-state index is 0.105. The van der Waals surface area contributed by atoms with Crippen LogP contribution in [-0.4, -0.2) is 43.4 Å². The molecule has 2 atom stereocenters. The van der Waals surface area contributed by atoms with Crippen LogP contribution in [0.1, 0.15) is 38.5 Å². The van der Waals surface area contributed by atoms with E-state index in [1.54, 1.807) is 7.05 Å². The number of nitrogens with one attached hydrogen (secondary N) is 1. The van der Waals surface area contributed by atoms with Crippen molar-refractivity contribution in [3.8, 4) is 0 Å². The van der Waals surface area contributed by atoms with E-state index in [4.69, 9.17) is 5.73 Å². The normalized spacial score (nSPS) is 27.6. The highest BCUT2D eigenvalue weighted by molar-refractivity contribution is 5.79. The molecule has 2 rings (SSSR count). The maximum absolute atomic E-state index is 12.5. The van der Waals surface area contributed by atoms with Gasteiger partial charge in [-0.15, -0.1) is 0 Å². The molecule has 20 heavy (non-hydrogen) atoms. The van der Waals surface area contributed by atoms with E-state index in [9.17, 15) is 9.59 Å². The summed E-state index contributed by atoms with van der Waals surface area (Å²) >= 11 is 0. The fourth-order valence-corrected chi connectivity index (χ4v) is 3.60. The van der Waals surface area contributed by atoms with Crippen LogP contribution in [0.5, 0.6) is 0 Å². The molecule has 0 aromatic heterocycles. The van der Waals surface area contributed by atoms with Gasteiger partial charge in [0.2, 0.25) is 11.8 Å². The lowest BCUT2D eigenvalue weighted by Crippen LogP contribution is -2.44. The van der Waals surface area contributed by atoms with Crippen molar-refractivity contribution in [2.75, 3.05) is 26.7 Å².